The maximum Gasteiger partial charge on any atom is 0.278 e. The summed E-state index contributed by atoms with van der Waals surface area (Å²) in [4.78, 5) is 51.9. The monoisotopic (exact) mass is 584 g/mol. The summed E-state index contributed by atoms with van der Waals surface area (Å²) in [5.74, 6) is -0.448. The third-order valence-corrected chi connectivity index (χ3v) is 7.40. The highest BCUT2D eigenvalue weighted by Crippen LogP contribution is 2.38. The molecular weight excluding hydrogens is 560 g/mol. The lowest BCUT2D eigenvalue weighted by molar-refractivity contribution is -0.384. The zero-order chi connectivity index (χ0) is 29.8. The molecule has 0 bridgehead atoms. The lowest BCUT2D eigenvalue weighted by Crippen LogP contribution is -2.31. The predicted octanol–water partition coefficient (Wildman–Crippen LogP) is 5.74. The van der Waals surface area contributed by atoms with Gasteiger partial charge in [0.25, 0.3) is 23.4 Å². The lowest BCUT2D eigenvalue weighted by Gasteiger charge is -2.15. The van der Waals surface area contributed by atoms with Crippen molar-refractivity contribution in [2.45, 2.75) is 18.4 Å². The molecule has 1 aliphatic heterocycles. The average Bonchev–Trinajstić information content (AvgIpc) is 3.58. The van der Waals surface area contributed by atoms with E-state index in [-0.39, 0.29) is 28.4 Å². The molecule has 0 atom stereocenters. The quantitative estimate of drug-likeness (QED) is 0.135. The lowest BCUT2D eigenvalue weighted by atomic mass is 10.2. The van der Waals surface area contributed by atoms with Crippen LogP contribution in [0.5, 0.6) is 5.75 Å². The molecule has 5 rings (SSSR count). The number of nitrogens with zero attached hydrogens (tertiary/aromatic N) is 2. The van der Waals surface area contributed by atoms with Gasteiger partial charge < -0.3 is 19.8 Å². The molecule has 42 heavy (non-hydrogen) atoms. The Hall–Kier alpha value is -5.36. The summed E-state index contributed by atoms with van der Waals surface area (Å²) in [6.07, 6.45) is 1.47. The highest BCUT2D eigenvalue weighted by Gasteiger charge is 2.40. The van der Waals surface area contributed by atoms with Gasteiger partial charge in [-0.25, -0.2) is 0 Å². The molecule has 1 aromatic heterocycles. The Kier molecular flexibility index (Phi) is 8.07. The Morgan fingerprint density at radius 2 is 1.76 bits per heavy atom. The van der Waals surface area contributed by atoms with Gasteiger partial charge in [-0.15, -0.1) is 0 Å². The highest BCUT2D eigenvalue weighted by atomic mass is 32.2. The number of imide groups is 1. The van der Waals surface area contributed by atoms with E-state index in [1.165, 1.54) is 37.6 Å². The number of nitro groups is 1. The van der Waals surface area contributed by atoms with Crippen LogP contribution in [0, 0.1) is 17.0 Å². The Morgan fingerprint density at radius 3 is 2.40 bits per heavy atom. The maximum absolute atomic E-state index is 13.5. The number of thioether (sulfide) groups is 1. The standard InChI is InChI=1S/C30H24N4O7S/c1-18-5-14-25(40-2)24(16-18)32-26-27(30(37)33(29(26)36)17-22-4-3-15-41-22)42-23-12-8-20(9-13-23)31-28(35)19-6-10-21(11-7-19)34(38)39/h3-16,32H,17H2,1-2H3,(H,31,35). The summed E-state index contributed by atoms with van der Waals surface area (Å²) < 4.78 is 10.8. The molecule has 12 heteroatoms. The number of non-ortho nitro benzene ring substituents is 1. The van der Waals surface area contributed by atoms with Crippen molar-refractivity contribution in [3.05, 3.63) is 123 Å². The molecule has 0 spiro atoms. The number of nitrogens with one attached hydrogen (secondary N) is 2. The normalized spacial score (nSPS) is 13.0. The summed E-state index contributed by atoms with van der Waals surface area (Å²) in [5.41, 5.74) is 2.21. The number of rotatable bonds is 10. The van der Waals surface area contributed by atoms with Crippen molar-refractivity contribution in [2.75, 3.05) is 17.7 Å². The Morgan fingerprint density at radius 1 is 1.02 bits per heavy atom. The minimum Gasteiger partial charge on any atom is -0.495 e. The van der Waals surface area contributed by atoms with E-state index in [4.69, 9.17) is 9.15 Å². The fraction of sp³-hybridized carbons (Fsp3) is 0.100. The molecule has 2 N–H and O–H groups in total. The van der Waals surface area contributed by atoms with E-state index in [9.17, 15) is 24.5 Å². The zero-order valence-electron chi connectivity index (χ0n) is 22.5. The number of amides is 3. The van der Waals surface area contributed by atoms with Crippen molar-refractivity contribution >= 4 is 46.5 Å². The molecule has 0 unspecified atom stereocenters. The smallest absolute Gasteiger partial charge is 0.278 e. The number of carbonyl (C=O) groups excluding carboxylic acids is 3. The largest absolute Gasteiger partial charge is 0.495 e. The first kappa shape index (κ1) is 28.2. The van der Waals surface area contributed by atoms with Gasteiger partial charge in [0.2, 0.25) is 0 Å². The van der Waals surface area contributed by atoms with E-state index < -0.39 is 22.6 Å². The van der Waals surface area contributed by atoms with Crippen molar-refractivity contribution in [3.8, 4) is 5.75 Å². The van der Waals surface area contributed by atoms with Crippen molar-refractivity contribution in [3.63, 3.8) is 0 Å². The minimum absolute atomic E-state index is 0.0293. The molecular formula is C30H24N4O7S. The van der Waals surface area contributed by atoms with Gasteiger partial charge in [-0.3, -0.25) is 29.4 Å². The number of aryl methyl sites for hydroxylation is 1. The second kappa shape index (κ2) is 12.0. The molecule has 0 radical (unpaired) electrons. The van der Waals surface area contributed by atoms with E-state index >= 15 is 0 Å². The number of nitro benzene ring substituents is 1. The van der Waals surface area contributed by atoms with Gasteiger partial charge in [-0.2, -0.15) is 0 Å². The van der Waals surface area contributed by atoms with Crippen molar-refractivity contribution in [2.24, 2.45) is 0 Å². The van der Waals surface area contributed by atoms with Crippen LogP contribution in [0.4, 0.5) is 17.1 Å². The molecule has 3 amide bonds. The first-order chi connectivity index (χ1) is 20.2. The molecule has 0 fully saturated rings. The van der Waals surface area contributed by atoms with Crippen LogP contribution in [0.3, 0.4) is 0 Å². The summed E-state index contributed by atoms with van der Waals surface area (Å²) >= 11 is 1.11. The fourth-order valence-electron chi connectivity index (χ4n) is 4.18. The van der Waals surface area contributed by atoms with Gasteiger partial charge in [-0.05, 0) is 73.2 Å². The minimum atomic E-state index is -0.537. The Labute approximate surface area is 244 Å². The molecule has 0 saturated carbocycles. The van der Waals surface area contributed by atoms with E-state index in [1.807, 2.05) is 19.1 Å². The van der Waals surface area contributed by atoms with Crippen LogP contribution < -0.4 is 15.4 Å². The topological polar surface area (TPSA) is 144 Å². The number of benzene rings is 3. The van der Waals surface area contributed by atoms with Gasteiger partial charge >= 0.3 is 0 Å². The molecule has 1 aliphatic rings. The number of ether oxygens (including phenoxy) is 1. The van der Waals surface area contributed by atoms with Crippen LogP contribution in [0.2, 0.25) is 0 Å². The second-order valence-electron chi connectivity index (χ2n) is 9.19. The average molecular weight is 585 g/mol. The maximum atomic E-state index is 13.5. The number of hydrogen-bond acceptors (Lipinski definition) is 9. The van der Waals surface area contributed by atoms with Crippen molar-refractivity contribution < 1.29 is 28.5 Å². The van der Waals surface area contributed by atoms with Crippen LogP contribution in [-0.2, 0) is 16.1 Å². The molecule has 11 nitrogen and oxygen atoms in total. The summed E-state index contributed by atoms with van der Waals surface area (Å²) in [6, 6.07) is 20.8. The first-order valence-electron chi connectivity index (χ1n) is 12.6. The van der Waals surface area contributed by atoms with Crippen LogP contribution in [-0.4, -0.2) is 34.7 Å². The van der Waals surface area contributed by atoms with Gasteiger partial charge in [0.05, 0.1) is 30.5 Å². The number of furan rings is 1. The van der Waals surface area contributed by atoms with E-state index in [1.54, 1.807) is 42.5 Å². The number of anilines is 2. The van der Waals surface area contributed by atoms with Crippen molar-refractivity contribution in [1.82, 2.24) is 4.90 Å². The third-order valence-electron chi connectivity index (χ3n) is 6.31. The Balaban J connectivity index is 1.38. The van der Waals surface area contributed by atoms with Crippen LogP contribution in [0.25, 0.3) is 0 Å². The zero-order valence-corrected chi connectivity index (χ0v) is 23.3. The molecule has 212 valence electrons. The summed E-state index contributed by atoms with van der Waals surface area (Å²) in [5, 5.41) is 16.7. The SMILES string of the molecule is COc1ccc(C)cc1NC1=C(Sc2ccc(NC(=O)c3ccc([N+](=O)[O-])cc3)cc2)C(=O)N(Cc2ccco2)C1=O. The number of hydrogen-bond donors (Lipinski definition) is 2. The van der Waals surface area contributed by atoms with E-state index in [0.717, 1.165) is 22.2 Å². The third kappa shape index (κ3) is 6.03. The van der Waals surface area contributed by atoms with E-state index in [0.29, 0.717) is 27.8 Å². The van der Waals surface area contributed by atoms with Crippen LogP contribution >= 0.6 is 11.8 Å². The van der Waals surface area contributed by atoms with Crippen molar-refractivity contribution in [1.29, 1.82) is 0 Å². The van der Waals surface area contributed by atoms with Gasteiger partial charge in [0.15, 0.2) is 0 Å². The Bertz CT molecular complexity index is 1700. The fourth-order valence-corrected chi connectivity index (χ4v) is 5.12. The first-order valence-corrected chi connectivity index (χ1v) is 13.4. The molecule has 0 saturated heterocycles. The molecule has 3 aromatic carbocycles. The van der Waals surface area contributed by atoms with Gasteiger partial charge in [-0.1, -0.05) is 17.8 Å². The molecule has 2 heterocycles. The number of carbonyl (C=O) groups is 3. The highest BCUT2D eigenvalue weighted by molar-refractivity contribution is 8.04. The predicted molar refractivity (Wildman–Crippen MR) is 156 cm³/mol. The van der Waals surface area contributed by atoms with Gasteiger partial charge in [0, 0.05) is 28.3 Å². The van der Waals surface area contributed by atoms with Crippen LogP contribution in [0.1, 0.15) is 21.7 Å². The van der Waals surface area contributed by atoms with E-state index in [2.05, 4.69) is 10.6 Å². The van der Waals surface area contributed by atoms with Crippen LogP contribution in [0.15, 0.2) is 105 Å². The van der Waals surface area contributed by atoms with Gasteiger partial charge in [0.1, 0.15) is 22.1 Å². The number of methoxy groups -OCH3 is 1. The second-order valence-corrected chi connectivity index (χ2v) is 10.3. The summed E-state index contributed by atoms with van der Waals surface area (Å²) in [6.45, 7) is 1.87. The molecule has 4 aromatic rings. The molecule has 0 aliphatic carbocycles. The summed E-state index contributed by atoms with van der Waals surface area (Å²) in [7, 11) is 1.52.